The van der Waals surface area contributed by atoms with Crippen molar-refractivity contribution < 1.29 is 24.1 Å². The molecule has 0 saturated heterocycles. The minimum Gasteiger partial charge on any atom is -0.487 e. The molecule has 0 bridgehead atoms. The first-order valence-electron chi connectivity index (χ1n) is 12.2. The number of nitrogens with zero attached hydrogens (tertiary/aromatic N) is 3. The van der Waals surface area contributed by atoms with Gasteiger partial charge in [-0.1, -0.05) is 17.3 Å². The summed E-state index contributed by atoms with van der Waals surface area (Å²) < 4.78 is 19.7. The second-order valence-electron chi connectivity index (χ2n) is 9.82. The van der Waals surface area contributed by atoms with Crippen LogP contribution in [0.1, 0.15) is 60.7 Å². The molecule has 3 aromatic rings. The van der Waals surface area contributed by atoms with Crippen LogP contribution < -0.4 is 9.47 Å². The Morgan fingerprint density at radius 3 is 2.19 bits per heavy atom. The van der Waals surface area contributed by atoms with Crippen molar-refractivity contribution >= 4 is 5.97 Å². The first-order chi connectivity index (χ1) is 17.0. The molecule has 0 aliphatic carbocycles. The second kappa shape index (κ2) is 11.6. The smallest absolute Gasteiger partial charge is 0.307 e. The summed E-state index contributed by atoms with van der Waals surface area (Å²) in [5.41, 5.74) is 5.01. The number of ether oxygens (including phenoxy) is 3. The molecule has 0 aliphatic heterocycles. The van der Waals surface area contributed by atoms with E-state index in [4.69, 9.17) is 19.3 Å². The Hall–Kier alpha value is -3.39. The number of carboxylic acid groups (broad SMARTS) is 1. The molecule has 0 fully saturated rings. The van der Waals surface area contributed by atoms with E-state index in [-0.39, 0.29) is 12.0 Å². The number of hydrogen-bond acceptors (Lipinski definition) is 6. The van der Waals surface area contributed by atoms with Crippen LogP contribution in [0.2, 0.25) is 0 Å². The highest BCUT2D eigenvalue weighted by Gasteiger charge is 2.22. The summed E-state index contributed by atoms with van der Waals surface area (Å²) in [7, 11) is 0. The van der Waals surface area contributed by atoms with Crippen LogP contribution in [0.5, 0.6) is 17.2 Å². The monoisotopic (exact) mass is 495 g/mol. The Balaban J connectivity index is 1.69. The normalized spacial score (nSPS) is 11.5. The lowest BCUT2D eigenvalue weighted by atomic mass is 10.0. The van der Waals surface area contributed by atoms with Crippen molar-refractivity contribution in [1.82, 2.24) is 15.0 Å². The molecule has 0 radical (unpaired) electrons. The summed E-state index contributed by atoms with van der Waals surface area (Å²) >= 11 is 0. The zero-order chi connectivity index (χ0) is 26.5. The zero-order valence-electron chi connectivity index (χ0n) is 22.3. The summed E-state index contributed by atoms with van der Waals surface area (Å²) in [6, 6.07) is 7.61. The van der Waals surface area contributed by atoms with E-state index in [1.54, 1.807) is 0 Å². The molecule has 0 amide bonds. The van der Waals surface area contributed by atoms with Crippen molar-refractivity contribution in [1.29, 1.82) is 0 Å². The Morgan fingerprint density at radius 1 is 1.00 bits per heavy atom. The molecule has 0 unspecified atom stereocenters. The third-order valence-corrected chi connectivity index (χ3v) is 6.12. The van der Waals surface area contributed by atoms with Gasteiger partial charge in [0.1, 0.15) is 29.5 Å². The summed E-state index contributed by atoms with van der Waals surface area (Å²) in [5, 5.41) is 17.7. The van der Waals surface area contributed by atoms with E-state index >= 15 is 0 Å². The van der Waals surface area contributed by atoms with Crippen molar-refractivity contribution in [3.05, 3.63) is 64.0 Å². The molecule has 36 heavy (non-hydrogen) atoms. The van der Waals surface area contributed by atoms with Crippen LogP contribution in [-0.2, 0) is 28.1 Å². The number of carboxylic acids is 1. The van der Waals surface area contributed by atoms with Gasteiger partial charge >= 0.3 is 5.97 Å². The van der Waals surface area contributed by atoms with Crippen molar-refractivity contribution in [2.45, 2.75) is 73.5 Å². The highest BCUT2D eigenvalue weighted by Crippen LogP contribution is 2.34. The fourth-order valence-electron chi connectivity index (χ4n) is 4.18. The third-order valence-electron chi connectivity index (χ3n) is 6.12. The Morgan fingerprint density at radius 2 is 1.61 bits per heavy atom. The third kappa shape index (κ3) is 6.85. The predicted octanol–water partition coefficient (Wildman–Crippen LogP) is 5.67. The van der Waals surface area contributed by atoms with Crippen LogP contribution in [0.4, 0.5) is 0 Å². The Labute approximate surface area is 213 Å². The average molecular weight is 496 g/mol. The highest BCUT2D eigenvalue weighted by atomic mass is 16.5. The summed E-state index contributed by atoms with van der Waals surface area (Å²) in [6.07, 6.45) is 2.75. The van der Waals surface area contributed by atoms with E-state index in [0.717, 1.165) is 51.4 Å². The zero-order valence-corrected chi connectivity index (χ0v) is 22.3. The van der Waals surface area contributed by atoms with Crippen LogP contribution in [0.15, 0.2) is 30.5 Å². The number of aromatic nitrogens is 3. The van der Waals surface area contributed by atoms with Gasteiger partial charge in [0.15, 0.2) is 0 Å². The van der Waals surface area contributed by atoms with Gasteiger partial charge in [0.25, 0.3) is 0 Å². The molecule has 8 heteroatoms. The number of rotatable bonds is 12. The van der Waals surface area contributed by atoms with Gasteiger partial charge in [-0.3, -0.25) is 4.79 Å². The number of carbonyl (C=O) groups is 1. The number of hydrogen-bond donors (Lipinski definition) is 1. The molecule has 3 rings (SSSR count). The van der Waals surface area contributed by atoms with Gasteiger partial charge in [-0.2, -0.15) is 0 Å². The lowest BCUT2D eigenvalue weighted by molar-refractivity contribution is -0.136. The fourth-order valence-corrected chi connectivity index (χ4v) is 4.18. The van der Waals surface area contributed by atoms with Crippen LogP contribution in [0.3, 0.4) is 0 Å². The van der Waals surface area contributed by atoms with Gasteiger partial charge in [0.05, 0.1) is 18.2 Å². The van der Waals surface area contributed by atoms with Crippen molar-refractivity contribution in [3.8, 4) is 17.2 Å². The maximum absolute atomic E-state index is 11.1. The van der Waals surface area contributed by atoms with Crippen LogP contribution in [0, 0.1) is 27.7 Å². The van der Waals surface area contributed by atoms with Crippen molar-refractivity contribution in [2.24, 2.45) is 0 Å². The van der Waals surface area contributed by atoms with Crippen molar-refractivity contribution in [3.63, 3.8) is 0 Å². The highest BCUT2D eigenvalue weighted by molar-refractivity contribution is 5.70. The molecule has 194 valence electrons. The van der Waals surface area contributed by atoms with Crippen LogP contribution in [0.25, 0.3) is 0 Å². The number of aliphatic carboxylic acids is 1. The van der Waals surface area contributed by atoms with E-state index < -0.39 is 5.97 Å². The number of aryl methyl sites for hydroxylation is 4. The predicted molar refractivity (Wildman–Crippen MR) is 138 cm³/mol. The molecular formula is C28H37N3O5. The Kier molecular flexibility index (Phi) is 8.74. The molecule has 1 aromatic heterocycles. The number of benzene rings is 2. The largest absolute Gasteiger partial charge is 0.487 e. The fraction of sp³-hybridized carbons (Fsp3) is 0.464. The van der Waals surface area contributed by atoms with Gasteiger partial charge in [-0.15, -0.1) is 5.10 Å². The quantitative estimate of drug-likeness (QED) is 0.323. The van der Waals surface area contributed by atoms with E-state index in [9.17, 15) is 4.79 Å². The molecule has 1 heterocycles. The topological polar surface area (TPSA) is 95.7 Å². The summed E-state index contributed by atoms with van der Waals surface area (Å²) in [6.45, 7) is 15.7. The standard InChI is InChI=1S/C28H37N3O5/c1-8-34-10-9-28(6,7)31-16-23(29-30-31)17-35-26-20(4)13-24(14-21(26)5)36-27-18(2)11-22(12-19(27)3)15-25(32)33/h11-14,16H,8-10,15,17H2,1-7H3,(H,32,33). The van der Waals surface area contributed by atoms with E-state index in [0.29, 0.717) is 25.6 Å². The molecule has 1 N–H and O–H groups in total. The maximum atomic E-state index is 11.1. The first kappa shape index (κ1) is 27.2. The molecule has 0 saturated carbocycles. The van der Waals surface area contributed by atoms with E-state index in [1.807, 2.05) is 69.8 Å². The van der Waals surface area contributed by atoms with E-state index in [1.165, 1.54) is 0 Å². The Bertz CT molecular complexity index is 1170. The SMILES string of the molecule is CCOCCC(C)(C)n1cc(COc2c(C)cc(Oc3c(C)cc(CC(=O)O)cc3C)cc2C)nn1. The van der Waals surface area contributed by atoms with Gasteiger partial charge < -0.3 is 19.3 Å². The molecule has 2 aromatic carbocycles. The lowest BCUT2D eigenvalue weighted by Gasteiger charge is -2.24. The summed E-state index contributed by atoms with van der Waals surface area (Å²) in [5.74, 6) is 1.38. The average Bonchev–Trinajstić information content (AvgIpc) is 3.25. The van der Waals surface area contributed by atoms with E-state index in [2.05, 4.69) is 24.2 Å². The molecular weight excluding hydrogens is 458 g/mol. The van der Waals surface area contributed by atoms with Crippen LogP contribution >= 0.6 is 0 Å². The lowest BCUT2D eigenvalue weighted by Crippen LogP contribution is -2.28. The summed E-state index contributed by atoms with van der Waals surface area (Å²) in [4.78, 5) is 11.1. The maximum Gasteiger partial charge on any atom is 0.307 e. The molecule has 0 atom stereocenters. The van der Waals surface area contributed by atoms with Gasteiger partial charge in [0, 0.05) is 13.2 Å². The first-order valence-corrected chi connectivity index (χ1v) is 12.2. The van der Waals surface area contributed by atoms with Gasteiger partial charge in [-0.25, -0.2) is 4.68 Å². The molecule has 0 aliphatic rings. The second-order valence-corrected chi connectivity index (χ2v) is 9.82. The van der Waals surface area contributed by atoms with Gasteiger partial charge in [0.2, 0.25) is 0 Å². The minimum absolute atomic E-state index is 0.00919. The van der Waals surface area contributed by atoms with Crippen molar-refractivity contribution in [2.75, 3.05) is 13.2 Å². The van der Waals surface area contributed by atoms with Crippen LogP contribution in [-0.4, -0.2) is 39.3 Å². The minimum atomic E-state index is -0.850. The molecule has 8 nitrogen and oxygen atoms in total. The van der Waals surface area contributed by atoms with Gasteiger partial charge in [-0.05, 0) is 94.8 Å². The molecule has 0 spiro atoms.